The molecule has 0 atom stereocenters. The lowest BCUT2D eigenvalue weighted by atomic mass is 10.1. The van der Waals surface area contributed by atoms with Gasteiger partial charge in [0.05, 0.1) is 0 Å². The molecule has 1 aliphatic rings. The van der Waals surface area contributed by atoms with Gasteiger partial charge in [0.2, 0.25) is 5.95 Å². The summed E-state index contributed by atoms with van der Waals surface area (Å²) in [5.41, 5.74) is 7.03. The van der Waals surface area contributed by atoms with Crippen LogP contribution in [0.2, 0.25) is 0 Å². The molecule has 0 spiro atoms. The summed E-state index contributed by atoms with van der Waals surface area (Å²) in [6.07, 6.45) is 4.98. The van der Waals surface area contributed by atoms with Crippen LogP contribution in [-0.2, 0) is 0 Å². The highest BCUT2D eigenvalue weighted by Crippen LogP contribution is 2.15. The maximum Gasteiger partial charge on any atom is 0.227 e. The smallest absolute Gasteiger partial charge is 0.227 e. The van der Waals surface area contributed by atoms with Crippen molar-refractivity contribution in [3.05, 3.63) is 23.9 Å². The summed E-state index contributed by atoms with van der Waals surface area (Å²) >= 11 is 0. The Labute approximate surface area is 83.5 Å². The first kappa shape index (κ1) is 8.99. The zero-order chi connectivity index (χ0) is 9.97. The minimum absolute atomic E-state index is 0.529. The Hall–Kier alpha value is -1.58. The molecule has 0 unspecified atom stereocenters. The van der Waals surface area contributed by atoms with Gasteiger partial charge in [-0.15, -0.1) is 0 Å². The van der Waals surface area contributed by atoms with Crippen LogP contribution in [-0.4, -0.2) is 23.1 Å². The lowest BCUT2D eigenvalue weighted by Crippen LogP contribution is -2.29. The van der Waals surface area contributed by atoms with Gasteiger partial charge in [-0.25, -0.2) is 4.98 Å². The molecule has 4 heteroatoms. The highest BCUT2D eigenvalue weighted by atomic mass is 15.3. The standard InChI is InChI=1S/C10H14N4/c1-8-3-6-14(7-4-8)10-12-5-2-9(11)13-10/h2-3,5H,4,6-7H2,1H3,(H2,11,12,13). The van der Waals surface area contributed by atoms with Crippen molar-refractivity contribution in [3.8, 4) is 0 Å². The van der Waals surface area contributed by atoms with Gasteiger partial charge >= 0.3 is 0 Å². The maximum atomic E-state index is 5.60. The number of hydrogen-bond donors (Lipinski definition) is 1. The molecule has 0 radical (unpaired) electrons. The van der Waals surface area contributed by atoms with Crippen molar-refractivity contribution in [1.82, 2.24) is 9.97 Å². The summed E-state index contributed by atoms with van der Waals surface area (Å²) in [5.74, 6) is 1.26. The minimum Gasteiger partial charge on any atom is -0.384 e. The lowest BCUT2D eigenvalue weighted by Gasteiger charge is -2.25. The van der Waals surface area contributed by atoms with Gasteiger partial charge in [0, 0.05) is 19.3 Å². The molecule has 1 aromatic heterocycles. The third-order valence-corrected chi connectivity index (χ3v) is 2.38. The molecule has 0 fully saturated rings. The van der Waals surface area contributed by atoms with E-state index in [0.29, 0.717) is 5.82 Å². The van der Waals surface area contributed by atoms with E-state index in [2.05, 4.69) is 27.9 Å². The van der Waals surface area contributed by atoms with Crippen molar-refractivity contribution in [3.63, 3.8) is 0 Å². The number of nitrogens with zero attached hydrogens (tertiary/aromatic N) is 3. The molecular weight excluding hydrogens is 176 g/mol. The third kappa shape index (κ3) is 1.84. The predicted molar refractivity (Wildman–Crippen MR) is 57.0 cm³/mol. The van der Waals surface area contributed by atoms with Crippen LogP contribution in [0.4, 0.5) is 11.8 Å². The molecule has 0 saturated carbocycles. The van der Waals surface area contributed by atoms with E-state index in [1.807, 2.05) is 0 Å². The Balaban J connectivity index is 2.16. The summed E-state index contributed by atoms with van der Waals surface area (Å²) in [7, 11) is 0. The minimum atomic E-state index is 0.529. The van der Waals surface area contributed by atoms with E-state index in [-0.39, 0.29) is 0 Å². The zero-order valence-electron chi connectivity index (χ0n) is 8.27. The largest absolute Gasteiger partial charge is 0.384 e. The molecule has 1 aliphatic heterocycles. The quantitative estimate of drug-likeness (QED) is 0.676. The van der Waals surface area contributed by atoms with Crippen LogP contribution in [0.1, 0.15) is 13.3 Å². The van der Waals surface area contributed by atoms with E-state index in [9.17, 15) is 0 Å². The summed E-state index contributed by atoms with van der Waals surface area (Å²) in [6.45, 7) is 4.01. The normalized spacial score (nSPS) is 16.6. The van der Waals surface area contributed by atoms with Crippen molar-refractivity contribution in [2.75, 3.05) is 23.7 Å². The molecule has 0 aliphatic carbocycles. The van der Waals surface area contributed by atoms with E-state index in [1.54, 1.807) is 12.3 Å². The first-order valence-corrected chi connectivity index (χ1v) is 4.75. The molecule has 2 N–H and O–H groups in total. The highest BCUT2D eigenvalue weighted by molar-refractivity contribution is 5.39. The molecule has 2 heterocycles. The summed E-state index contributed by atoms with van der Waals surface area (Å²) < 4.78 is 0. The number of rotatable bonds is 1. The van der Waals surface area contributed by atoms with Gasteiger partial charge in [-0.3, -0.25) is 0 Å². The molecule has 4 nitrogen and oxygen atoms in total. The summed E-state index contributed by atoms with van der Waals surface area (Å²) in [6, 6.07) is 1.70. The molecule has 74 valence electrons. The molecule has 14 heavy (non-hydrogen) atoms. The van der Waals surface area contributed by atoms with Crippen molar-refractivity contribution >= 4 is 11.8 Å². The fourth-order valence-electron chi connectivity index (χ4n) is 1.47. The first-order valence-electron chi connectivity index (χ1n) is 4.75. The molecule has 0 bridgehead atoms. The van der Waals surface area contributed by atoms with E-state index in [1.165, 1.54) is 5.57 Å². The van der Waals surface area contributed by atoms with Crippen LogP contribution >= 0.6 is 0 Å². The van der Waals surface area contributed by atoms with Crippen molar-refractivity contribution < 1.29 is 0 Å². The second-order valence-corrected chi connectivity index (χ2v) is 3.53. The van der Waals surface area contributed by atoms with Gasteiger partial charge in [-0.05, 0) is 19.4 Å². The molecule has 1 aromatic rings. The van der Waals surface area contributed by atoms with E-state index >= 15 is 0 Å². The summed E-state index contributed by atoms with van der Waals surface area (Å²) in [5, 5.41) is 0. The number of nitrogen functional groups attached to an aromatic ring is 1. The fraction of sp³-hybridized carbons (Fsp3) is 0.400. The molecular formula is C10H14N4. The van der Waals surface area contributed by atoms with Crippen molar-refractivity contribution in [2.45, 2.75) is 13.3 Å². The number of aromatic nitrogens is 2. The second-order valence-electron chi connectivity index (χ2n) is 3.53. The monoisotopic (exact) mass is 190 g/mol. The molecule has 0 amide bonds. The Bertz CT molecular complexity index is 359. The van der Waals surface area contributed by atoms with Crippen LogP contribution in [0.3, 0.4) is 0 Å². The zero-order valence-corrected chi connectivity index (χ0v) is 8.27. The Morgan fingerprint density at radius 3 is 3.00 bits per heavy atom. The average Bonchev–Trinajstić information content (AvgIpc) is 2.19. The fourth-order valence-corrected chi connectivity index (χ4v) is 1.47. The van der Waals surface area contributed by atoms with Gasteiger partial charge in [0.1, 0.15) is 5.82 Å². The molecule has 0 saturated heterocycles. The maximum absolute atomic E-state index is 5.60. The van der Waals surface area contributed by atoms with Crippen molar-refractivity contribution in [2.24, 2.45) is 0 Å². The lowest BCUT2D eigenvalue weighted by molar-refractivity contribution is 0.761. The number of nitrogens with two attached hydrogens (primary N) is 1. The van der Waals surface area contributed by atoms with Crippen LogP contribution in [0, 0.1) is 0 Å². The molecule has 2 rings (SSSR count). The van der Waals surface area contributed by atoms with Crippen LogP contribution in [0.5, 0.6) is 0 Å². The third-order valence-electron chi connectivity index (χ3n) is 2.38. The predicted octanol–water partition coefficient (Wildman–Crippen LogP) is 1.22. The Morgan fingerprint density at radius 2 is 2.36 bits per heavy atom. The Kier molecular flexibility index (Phi) is 2.35. The van der Waals surface area contributed by atoms with Gasteiger partial charge in [0.15, 0.2) is 0 Å². The van der Waals surface area contributed by atoms with E-state index < -0.39 is 0 Å². The van der Waals surface area contributed by atoms with Gasteiger partial charge in [-0.1, -0.05) is 11.6 Å². The van der Waals surface area contributed by atoms with E-state index in [4.69, 9.17) is 5.73 Å². The Morgan fingerprint density at radius 1 is 1.50 bits per heavy atom. The van der Waals surface area contributed by atoms with E-state index in [0.717, 1.165) is 25.5 Å². The SMILES string of the molecule is CC1=CCN(c2nccc(N)n2)CC1. The molecule has 0 aromatic carbocycles. The van der Waals surface area contributed by atoms with Crippen LogP contribution in [0.25, 0.3) is 0 Å². The topological polar surface area (TPSA) is 55.0 Å². The van der Waals surface area contributed by atoms with Crippen LogP contribution in [0.15, 0.2) is 23.9 Å². The number of hydrogen-bond acceptors (Lipinski definition) is 4. The first-order chi connectivity index (χ1) is 6.75. The average molecular weight is 190 g/mol. The van der Waals surface area contributed by atoms with Gasteiger partial charge in [-0.2, -0.15) is 4.98 Å². The summed E-state index contributed by atoms with van der Waals surface area (Å²) in [4.78, 5) is 10.5. The highest BCUT2D eigenvalue weighted by Gasteiger charge is 2.12. The number of anilines is 2. The van der Waals surface area contributed by atoms with Gasteiger partial charge < -0.3 is 10.6 Å². The van der Waals surface area contributed by atoms with Crippen molar-refractivity contribution in [1.29, 1.82) is 0 Å². The van der Waals surface area contributed by atoms with Crippen LogP contribution < -0.4 is 10.6 Å². The van der Waals surface area contributed by atoms with Gasteiger partial charge in [0.25, 0.3) is 0 Å². The second kappa shape index (κ2) is 3.65.